The maximum Gasteiger partial charge on any atom is 0.262 e. The van der Waals surface area contributed by atoms with Crippen LogP contribution in [-0.2, 0) is 22.9 Å². The molecule has 0 saturated heterocycles. The Kier molecular flexibility index (Phi) is 4.10. The van der Waals surface area contributed by atoms with E-state index in [-0.39, 0.29) is 0 Å². The van der Waals surface area contributed by atoms with Gasteiger partial charge in [-0.1, -0.05) is 36.4 Å². The summed E-state index contributed by atoms with van der Waals surface area (Å²) in [5.41, 5.74) is 5.23. The minimum Gasteiger partial charge on any atom is -0.291 e. The van der Waals surface area contributed by atoms with E-state index in [0.717, 1.165) is 46.1 Å². The van der Waals surface area contributed by atoms with Crippen molar-refractivity contribution >= 4 is 32.3 Å². The first-order valence-corrected chi connectivity index (χ1v) is 12.0. The van der Waals surface area contributed by atoms with Crippen LogP contribution in [0.2, 0.25) is 0 Å². The molecule has 0 aliphatic heterocycles. The minimum atomic E-state index is -3.70. The van der Waals surface area contributed by atoms with Crippen LogP contribution in [0.15, 0.2) is 78.0 Å². The standard InChI is InChI=1S/C25H20N4O2S/c1-16-13-14-29-15-22(27-25(29)26-16)17-5-9-20(10-6-17)28-32(30,31)23-12-8-19-4-2-3-18-7-11-21(23)24(18)19/h2-6,8-10,12-15,28H,7,11H2,1H3. The van der Waals surface area contributed by atoms with E-state index in [1.807, 2.05) is 60.1 Å². The molecule has 5 aromatic rings. The van der Waals surface area contributed by atoms with E-state index in [4.69, 9.17) is 0 Å². The summed E-state index contributed by atoms with van der Waals surface area (Å²) < 4.78 is 31.0. The molecule has 0 amide bonds. The third-order valence-corrected chi connectivity index (χ3v) is 7.49. The van der Waals surface area contributed by atoms with Gasteiger partial charge in [-0.25, -0.2) is 18.4 Å². The fraction of sp³-hybridized carbons (Fsp3) is 0.120. The zero-order valence-corrected chi connectivity index (χ0v) is 18.2. The third-order valence-electron chi connectivity index (χ3n) is 6.03. The van der Waals surface area contributed by atoms with E-state index >= 15 is 0 Å². The zero-order chi connectivity index (χ0) is 21.9. The second-order valence-electron chi connectivity index (χ2n) is 8.14. The number of aryl methyl sites for hydroxylation is 3. The predicted octanol–water partition coefficient (Wildman–Crippen LogP) is 4.76. The molecule has 0 fully saturated rings. The van der Waals surface area contributed by atoms with Crippen LogP contribution >= 0.6 is 0 Å². The van der Waals surface area contributed by atoms with Crippen molar-refractivity contribution < 1.29 is 8.42 Å². The quantitative estimate of drug-likeness (QED) is 0.437. The van der Waals surface area contributed by atoms with Gasteiger partial charge in [0.25, 0.3) is 10.0 Å². The second kappa shape index (κ2) is 6.90. The smallest absolute Gasteiger partial charge is 0.262 e. The minimum absolute atomic E-state index is 0.362. The Morgan fingerprint density at radius 2 is 1.78 bits per heavy atom. The Balaban J connectivity index is 1.31. The number of rotatable bonds is 4. The van der Waals surface area contributed by atoms with Gasteiger partial charge >= 0.3 is 0 Å². The molecule has 1 aliphatic rings. The molecule has 0 radical (unpaired) electrons. The Hall–Kier alpha value is -3.71. The molecule has 3 aromatic carbocycles. The van der Waals surface area contributed by atoms with E-state index in [0.29, 0.717) is 16.4 Å². The van der Waals surface area contributed by atoms with Crippen LogP contribution in [0, 0.1) is 6.92 Å². The summed E-state index contributed by atoms with van der Waals surface area (Å²) in [6.45, 7) is 1.93. The van der Waals surface area contributed by atoms with Crippen LogP contribution in [-0.4, -0.2) is 22.8 Å². The highest BCUT2D eigenvalue weighted by molar-refractivity contribution is 7.92. The van der Waals surface area contributed by atoms with Gasteiger partial charge in [0, 0.05) is 29.3 Å². The van der Waals surface area contributed by atoms with Crippen LogP contribution in [0.5, 0.6) is 0 Å². The van der Waals surface area contributed by atoms with Crippen molar-refractivity contribution in [1.82, 2.24) is 14.4 Å². The molecule has 0 bridgehead atoms. The van der Waals surface area contributed by atoms with Crippen LogP contribution < -0.4 is 4.72 Å². The molecule has 32 heavy (non-hydrogen) atoms. The molecule has 158 valence electrons. The van der Waals surface area contributed by atoms with Crippen molar-refractivity contribution in [3.05, 3.63) is 89.9 Å². The molecule has 0 saturated carbocycles. The zero-order valence-electron chi connectivity index (χ0n) is 17.4. The maximum atomic E-state index is 13.2. The van der Waals surface area contributed by atoms with Gasteiger partial charge in [-0.05, 0) is 65.9 Å². The number of hydrogen-bond acceptors (Lipinski definition) is 4. The third kappa shape index (κ3) is 3.05. The maximum absolute atomic E-state index is 13.2. The number of fused-ring (bicyclic) bond motifs is 1. The first kappa shape index (κ1) is 19.0. The van der Waals surface area contributed by atoms with E-state index in [2.05, 4.69) is 20.8 Å². The van der Waals surface area contributed by atoms with Crippen molar-refractivity contribution in [1.29, 1.82) is 0 Å². The van der Waals surface area contributed by atoms with Crippen molar-refractivity contribution in [3.63, 3.8) is 0 Å². The predicted molar refractivity (Wildman–Crippen MR) is 125 cm³/mol. The first-order chi connectivity index (χ1) is 15.5. The second-order valence-corrected chi connectivity index (χ2v) is 9.79. The molecule has 7 heteroatoms. The Morgan fingerprint density at radius 3 is 2.62 bits per heavy atom. The van der Waals surface area contributed by atoms with Gasteiger partial charge in [-0.3, -0.25) is 9.12 Å². The molecular weight excluding hydrogens is 420 g/mol. The van der Waals surface area contributed by atoms with Crippen molar-refractivity contribution in [2.45, 2.75) is 24.7 Å². The normalized spacial score (nSPS) is 13.2. The van der Waals surface area contributed by atoms with Crippen LogP contribution in [0.4, 0.5) is 5.69 Å². The van der Waals surface area contributed by atoms with Gasteiger partial charge in [-0.15, -0.1) is 0 Å². The average molecular weight is 441 g/mol. The van der Waals surface area contributed by atoms with Gasteiger partial charge in [0.2, 0.25) is 5.78 Å². The van der Waals surface area contributed by atoms with E-state index < -0.39 is 10.0 Å². The Bertz CT molecular complexity index is 1620. The number of nitrogens with zero attached hydrogens (tertiary/aromatic N) is 3. The number of nitrogens with one attached hydrogen (secondary N) is 1. The highest BCUT2D eigenvalue weighted by Crippen LogP contribution is 2.35. The fourth-order valence-corrected chi connectivity index (χ4v) is 5.83. The van der Waals surface area contributed by atoms with Gasteiger partial charge in [0.15, 0.2) is 0 Å². The summed E-state index contributed by atoms with van der Waals surface area (Å²) >= 11 is 0. The van der Waals surface area contributed by atoms with Gasteiger partial charge in [0.1, 0.15) is 0 Å². The van der Waals surface area contributed by atoms with Crippen LogP contribution in [0.1, 0.15) is 16.8 Å². The lowest BCUT2D eigenvalue weighted by Crippen LogP contribution is -2.14. The van der Waals surface area contributed by atoms with Gasteiger partial charge in [0.05, 0.1) is 10.6 Å². The Labute approximate surface area is 185 Å². The molecule has 6 nitrogen and oxygen atoms in total. The Morgan fingerprint density at radius 1 is 0.938 bits per heavy atom. The average Bonchev–Trinajstić information content (AvgIpc) is 3.40. The molecule has 0 unspecified atom stereocenters. The van der Waals surface area contributed by atoms with Crippen molar-refractivity contribution in [2.75, 3.05) is 4.72 Å². The van der Waals surface area contributed by atoms with Crippen LogP contribution in [0.25, 0.3) is 27.8 Å². The summed E-state index contributed by atoms with van der Waals surface area (Å²) in [7, 11) is -3.70. The van der Waals surface area contributed by atoms with E-state index in [1.54, 1.807) is 18.2 Å². The number of aromatic nitrogens is 3. The molecule has 0 spiro atoms. The van der Waals surface area contributed by atoms with E-state index in [9.17, 15) is 8.42 Å². The van der Waals surface area contributed by atoms with Crippen molar-refractivity contribution in [3.8, 4) is 11.3 Å². The number of anilines is 1. The number of imidazole rings is 1. The topological polar surface area (TPSA) is 76.4 Å². The first-order valence-electron chi connectivity index (χ1n) is 10.5. The number of benzene rings is 3. The molecule has 1 N–H and O–H groups in total. The summed E-state index contributed by atoms with van der Waals surface area (Å²) in [6, 6.07) is 18.9. The summed E-state index contributed by atoms with van der Waals surface area (Å²) in [4.78, 5) is 9.35. The summed E-state index contributed by atoms with van der Waals surface area (Å²) in [6.07, 6.45) is 5.46. The van der Waals surface area contributed by atoms with Gasteiger partial charge < -0.3 is 0 Å². The molecule has 1 aliphatic carbocycles. The number of hydrogen-bond donors (Lipinski definition) is 1. The lowest BCUT2D eigenvalue weighted by atomic mass is 10.1. The van der Waals surface area contributed by atoms with Crippen LogP contribution in [0.3, 0.4) is 0 Å². The SMILES string of the molecule is Cc1ccn2cc(-c3ccc(NS(=O)(=O)c4ccc5cccc6c5c4CC6)cc3)nc2n1. The largest absolute Gasteiger partial charge is 0.291 e. The summed E-state index contributed by atoms with van der Waals surface area (Å²) in [5, 5.41) is 2.18. The highest BCUT2D eigenvalue weighted by atomic mass is 32.2. The lowest BCUT2D eigenvalue weighted by Gasteiger charge is -2.12. The lowest BCUT2D eigenvalue weighted by molar-refractivity contribution is 0.600. The van der Waals surface area contributed by atoms with E-state index in [1.165, 1.54) is 5.56 Å². The molecular formula is C25H20N4O2S. The monoisotopic (exact) mass is 440 g/mol. The fourth-order valence-electron chi connectivity index (χ4n) is 4.50. The highest BCUT2D eigenvalue weighted by Gasteiger charge is 2.25. The molecule has 2 aromatic heterocycles. The summed E-state index contributed by atoms with van der Waals surface area (Å²) in [5.74, 6) is 0.638. The molecule has 6 rings (SSSR count). The van der Waals surface area contributed by atoms with Gasteiger partial charge in [-0.2, -0.15) is 0 Å². The molecule has 0 atom stereocenters. The number of sulfonamides is 1. The molecule has 2 heterocycles. The van der Waals surface area contributed by atoms with Crippen molar-refractivity contribution in [2.24, 2.45) is 0 Å².